The van der Waals surface area contributed by atoms with Crippen molar-refractivity contribution in [3.63, 3.8) is 0 Å². The molecule has 0 radical (unpaired) electrons. The molecule has 3 heterocycles. The number of carbonyl (C=O) groups excluding carboxylic acids is 1. The van der Waals surface area contributed by atoms with Gasteiger partial charge in [-0.3, -0.25) is 4.79 Å². The highest BCUT2D eigenvalue weighted by Gasteiger charge is 2.20. The first-order valence-corrected chi connectivity index (χ1v) is 12.9. The predicted molar refractivity (Wildman–Crippen MR) is 130 cm³/mol. The summed E-state index contributed by atoms with van der Waals surface area (Å²) in [5.41, 5.74) is 0.811. The molecule has 3 aromatic rings. The van der Waals surface area contributed by atoms with Gasteiger partial charge in [-0.2, -0.15) is 5.10 Å². The van der Waals surface area contributed by atoms with E-state index in [1.165, 1.54) is 4.90 Å². The lowest BCUT2D eigenvalue weighted by atomic mass is 10.3. The number of thioether (sulfide) groups is 2. The fourth-order valence-electron chi connectivity index (χ4n) is 3.46. The smallest absolute Gasteiger partial charge is 0.220 e. The lowest BCUT2D eigenvalue weighted by Gasteiger charge is -2.28. The Morgan fingerprint density at radius 1 is 1.16 bits per heavy atom. The molecule has 1 aromatic carbocycles. The Balaban J connectivity index is 1.36. The summed E-state index contributed by atoms with van der Waals surface area (Å²) < 4.78 is 7.35. The molecule has 0 atom stereocenters. The van der Waals surface area contributed by atoms with Gasteiger partial charge < -0.3 is 15.0 Å². The first kappa shape index (κ1) is 22.9. The van der Waals surface area contributed by atoms with Crippen LogP contribution in [0.15, 0.2) is 46.6 Å². The Bertz CT molecular complexity index is 1020. The van der Waals surface area contributed by atoms with Crippen molar-refractivity contribution in [2.24, 2.45) is 0 Å². The van der Waals surface area contributed by atoms with Crippen molar-refractivity contribution in [2.45, 2.75) is 29.9 Å². The molecule has 1 saturated heterocycles. The van der Waals surface area contributed by atoms with E-state index in [2.05, 4.69) is 34.4 Å². The van der Waals surface area contributed by atoms with E-state index < -0.39 is 0 Å². The van der Waals surface area contributed by atoms with Crippen molar-refractivity contribution < 1.29 is 9.53 Å². The van der Waals surface area contributed by atoms with Crippen molar-refractivity contribution in [1.82, 2.24) is 25.1 Å². The molecule has 1 aliphatic heterocycles. The van der Waals surface area contributed by atoms with Crippen molar-refractivity contribution >= 4 is 46.3 Å². The molecule has 1 amide bonds. The maximum absolute atomic E-state index is 12.2. The largest absolute Gasteiger partial charge is 0.378 e. The van der Waals surface area contributed by atoms with Crippen LogP contribution >= 0.6 is 23.5 Å². The molecular weight excluding hydrogens is 444 g/mol. The van der Waals surface area contributed by atoms with Gasteiger partial charge in [-0.25, -0.2) is 14.6 Å². The number of anilines is 1. The highest BCUT2D eigenvalue weighted by atomic mass is 32.2. The van der Waals surface area contributed by atoms with Crippen LogP contribution < -0.4 is 10.2 Å². The second-order valence-corrected chi connectivity index (χ2v) is 9.63. The van der Waals surface area contributed by atoms with Gasteiger partial charge >= 0.3 is 0 Å². The number of fused-ring (bicyclic) bond motifs is 1. The summed E-state index contributed by atoms with van der Waals surface area (Å²) >= 11 is 3.31. The van der Waals surface area contributed by atoms with Gasteiger partial charge in [0.2, 0.25) is 5.91 Å². The average molecular weight is 473 g/mol. The molecule has 0 spiro atoms. The number of nitrogens with one attached hydrogen (secondary N) is 1. The summed E-state index contributed by atoms with van der Waals surface area (Å²) in [7, 11) is 0. The average Bonchev–Trinajstić information content (AvgIpc) is 3.23. The molecule has 1 aliphatic rings. The second-order valence-electron chi connectivity index (χ2n) is 7.23. The summed E-state index contributed by atoms with van der Waals surface area (Å²) in [4.78, 5) is 25.2. The first-order valence-electron chi connectivity index (χ1n) is 10.9. The third-order valence-corrected chi connectivity index (χ3v) is 6.77. The summed E-state index contributed by atoms with van der Waals surface area (Å²) in [6, 6.07) is 10.1. The van der Waals surface area contributed by atoms with Crippen molar-refractivity contribution in [1.29, 1.82) is 0 Å². The molecule has 8 nitrogen and oxygen atoms in total. The molecule has 32 heavy (non-hydrogen) atoms. The van der Waals surface area contributed by atoms with E-state index in [1.54, 1.807) is 23.5 Å². The molecular formula is C22H28N6O2S2. The maximum Gasteiger partial charge on any atom is 0.220 e. The third-order valence-electron chi connectivity index (χ3n) is 5.03. The van der Waals surface area contributed by atoms with E-state index in [4.69, 9.17) is 14.7 Å². The topological polar surface area (TPSA) is 85.2 Å². The van der Waals surface area contributed by atoms with Crippen LogP contribution in [0.4, 0.5) is 5.82 Å². The molecule has 0 bridgehead atoms. The van der Waals surface area contributed by atoms with E-state index in [1.807, 2.05) is 29.1 Å². The fourth-order valence-corrected chi connectivity index (χ4v) is 4.90. The Morgan fingerprint density at radius 3 is 2.75 bits per heavy atom. The normalized spacial score (nSPS) is 14.1. The number of aromatic nitrogens is 4. The zero-order valence-corrected chi connectivity index (χ0v) is 19.8. The quantitative estimate of drug-likeness (QED) is 0.356. The van der Waals surface area contributed by atoms with E-state index in [-0.39, 0.29) is 5.91 Å². The van der Waals surface area contributed by atoms with E-state index >= 15 is 0 Å². The Kier molecular flexibility index (Phi) is 8.24. The van der Waals surface area contributed by atoms with Crippen molar-refractivity contribution in [3.8, 4) is 0 Å². The van der Waals surface area contributed by atoms with Crippen LogP contribution in [0, 0.1) is 0 Å². The van der Waals surface area contributed by atoms with E-state index in [9.17, 15) is 4.79 Å². The fraction of sp³-hybridized carbons (Fsp3) is 0.455. The van der Waals surface area contributed by atoms with Gasteiger partial charge in [-0.05, 0) is 17.9 Å². The first-order chi connectivity index (χ1) is 15.7. The molecule has 1 N–H and O–H groups in total. The number of ether oxygens (including phenoxy) is 1. The highest BCUT2D eigenvalue weighted by Crippen LogP contribution is 2.27. The summed E-state index contributed by atoms with van der Waals surface area (Å²) in [5.74, 6) is 2.63. The number of hydrogen-bond donors (Lipinski definition) is 1. The summed E-state index contributed by atoms with van der Waals surface area (Å²) in [6.45, 7) is 6.19. The van der Waals surface area contributed by atoms with Crippen LogP contribution in [0.3, 0.4) is 0 Å². The van der Waals surface area contributed by atoms with Gasteiger partial charge in [0.25, 0.3) is 0 Å². The van der Waals surface area contributed by atoms with Crippen LogP contribution in [-0.2, 0) is 16.1 Å². The molecule has 0 unspecified atom stereocenters. The van der Waals surface area contributed by atoms with Gasteiger partial charge in [-0.15, -0.1) is 11.8 Å². The SMILES string of the molecule is CCSc1nc(N2CCOCC2)c2cnn(CCNC(=O)CCSc3ccccc3)c2n1. The van der Waals surface area contributed by atoms with Crippen molar-refractivity contribution in [3.05, 3.63) is 36.5 Å². The van der Waals surface area contributed by atoms with Gasteiger partial charge in [-0.1, -0.05) is 36.9 Å². The number of rotatable bonds is 10. The lowest BCUT2D eigenvalue weighted by molar-refractivity contribution is -0.120. The Morgan fingerprint density at radius 2 is 1.97 bits per heavy atom. The minimum atomic E-state index is 0.0516. The van der Waals surface area contributed by atoms with Crippen LogP contribution in [-0.4, -0.2) is 70.0 Å². The van der Waals surface area contributed by atoms with Crippen LogP contribution in [0.2, 0.25) is 0 Å². The van der Waals surface area contributed by atoms with Crippen LogP contribution in [0.5, 0.6) is 0 Å². The monoisotopic (exact) mass is 472 g/mol. The Labute approximate surface area is 196 Å². The number of morpholine rings is 1. The predicted octanol–water partition coefficient (Wildman–Crippen LogP) is 3.07. The number of nitrogens with zero attached hydrogens (tertiary/aromatic N) is 5. The molecule has 1 fully saturated rings. The van der Waals surface area contributed by atoms with Crippen LogP contribution in [0.1, 0.15) is 13.3 Å². The number of benzene rings is 1. The summed E-state index contributed by atoms with van der Waals surface area (Å²) in [5, 5.41) is 9.24. The lowest BCUT2D eigenvalue weighted by Crippen LogP contribution is -2.37. The maximum atomic E-state index is 12.2. The van der Waals surface area contributed by atoms with Crippen LogP contribution in [0.25, 0.3) is 11.0 Å². The minimum absolute atomic E-state index is 0.0516. The van der Waals surface area contributed by atoms with E-state index in [0.717, 1.165) is 46.6 Å². The highest BCUT2D eigenvalue weighted by molar-refractivity contribution is 7.99. The molecule has 0 saturated carbocycles. The molecule has 0 aliphatic carbocycles. The zero-order chi connectivity index (χ0) is 22.2. The number of carbonyl (C=O) groups is 1. The molecule has 10 heteroatoms. The van der Waals surface area contributed by atoms with Gasteiger partial charge in [0.05, 0.1) is 31.3 Å². The van der Waals surface area contributed by atoms with Gasteiger partial charge in [0, 0.05) is 36.7 Å². The Hall–Kier alpha value is -2.30. The number of amides is 1. The zero-order valence-electron chi connectivity index (χ0n) is 18.2. The van der Waals surface area contributed by atoms with Gasteiger partial charge in [0.15, 0.2) is 10.8 Å². The van der Waals surface area contributed by atoms with E-state index in [0.29, 0.717) is 32.7 Å². The standard InChI is InChI=1S/C22H28N6O2S2/c1-2-31-22-25-20(27-11-13-30-14-12-27)18-16-24-28(21(18)26-22)10-9-23-19(29)8-15-32-17-6-4-3-5-7-17/h3-7,16H,2,8-15H2,1H3,(H,23,29). The molecule has 170 valence electrons. The summed E-state index contributed by atoms with van der Waals surface area (Å²) in [6.07, 6.45) is 2.32. The van der Waals surface area contributed by atoms with Gasteiger partial charge in [0.1, 0.15) is 5.82 Å². The number of hydrogen-bond acceptors (Lipinski definition) is 8. The molecule has 2 aromatic heterocycles. The molecule has 4 rings (SSSR count). The minimum Gasteiger partial charge on any atom is -0.378 e. The third kappa shape index (κ3) is 5.93. The second kappa shape index (κ2) is 11.5. The van der Waals surface area contributed by atoms with Crippen molar-refractivity contribution in [2.75, 3.05) is 49.3 Å².